The smallest absolute Gasteiger partial charge is 0.327 e. The molecule has 0 bridgehead atoms. The molecule has 1 aliphatic rings. The number of fused-ring (bicyclic) bond motifs is 1. The van der Waals surface area contributed by atoms with Crippen LogP contribution in [0.3, 0.4) is 0 Å². The van der Waals surface area contributed by atoms with Crippen molar-refractivity contribution in [3.8, 4) is 11.5 Å². The van der Waals surface area contributed by atoms with Crippen LogP contribution in [0.5, 0.6) is 11.5 Å². The summed E-state index contributed by atoms with van der Waals surface area (Å²) in [6.07, 6.45) is -0.658. The number of hydrogen-bond acceptors (Lipinski definition) is 6. The first-order valence-corrected chi connectivity index (χ1v) is 10.2. The largest absolute Gasteiger partial charge is 0.481 e. The van der Waals surface area contributed by atoms with Crippen LogP contribution in [-0.2, 0) is 16.0 Å². The summed E-state index contributed by atoms with van der Waals surface area (Å²) in [6, 6.07) is 11.1. The molecule has 3 rings (SSSR count). The molecular formula is C22H25N5O6. The van der Waals surface area contributed by atoms with E-state index in [0.717, 1.165) is 5.56 Å². The first kappa shape index (κ1) is 23.4. The Balaban J connectivity index is 1.43. The summed E-state index contributed by atoms with van der Waals surface area (Å²) in [6.45, 7) is 1.71. The Morgan fingerprint density at radius 1 is 1.12 bits per heavy atom. The molecule has 0 aromatic heterocycles. The average molecular weight is 455 g/mol. The third kappa shape index (κ3) is 6.60. The average Bonchev–Trinajstić information content (AvgIpc) is 3.17. The van der Waals surface area contributed by atoms with Gasteiger partial charge in [0, 0.05) is 24.2 Å². The standard InChI is InChI=1S/C22H25N5O6/c1-12(11-25-21(31)26-15-6-4-14(5-7-15)19(23)24)20(30)27-22-32-16-8-2-13(3-9-18(28)29)10-17(16)33-22/h2,4-8,10,12,22H,3,9,11H2,1H3,(H3,23,24)(H,27,30)(H,28,29)(H2,25,26,31). The molecule has 2 unspecified atom stereocenters. The number of nitrogen functional groups attached to an aromatic ring is 1. The Bertz CT molecular complexity index is 1060. The maximum absolute atomic E-state index is 12.4. The van der Waals surface area contributed by atoms with E-state index in [2.05, 4.69) is 16.0 Å². The molecule has 7 N–H and O–H groups in total. The monoisotopic (exact) mass is 455 g/mol. The van der Waals surface area contributed by atoms with Gasteiger partial charge in [0.1, 0.15) is 5.84 Å². The zero-order valence-corrected chi connectivity index (χ0v) is 17.9. The first-order valence-electron chi connectivity index (χ1n) is 10.2. The number of ether oxygens (including phenoxy) is 2. The van der Waals surface area contributed by atoms with Crippen LogP contribution in [-0.4, -0.2) is 41.8 Å². The van der Waals surface area contributed by atoms with Gasteiger partial charge in [0.05, 0.1) is 5.92 Å². The van der Waals surface area contributed by atoms with E-state index in [-0.39, 0.29) is 24.7 Å². The van der Waals surface area contributed by atoms with Gasteiger partial charge >= 0.3 is 18.4 Å². The van der Waals surface area contributed by atoms with Crippen molar-refractivity contribution in [1.82, 2.24) is 10.6 Å². The Morgan fingerprint density at radius 3 is 2.48 bits per heavy atom. The molecule has 0 saturated carbocycles. The van der Waals surface area contributed by atoms with E-state index < -0.39 is 24.3 Å². The number of aliphatic carboxylic acids is 1. The number of rotatable bonds is 9. The summed E-state index contributed by atoms with van der Waals surface area (Å²) in [5.74, 6) is -1.05. The molecule has 0 fully saturated rings. The van der Waals surface area contributed by atoms with Gasteiger partial charge in [0.15, 0.2) is 11.5 Å². The maximum Gasteiger partial charge on any atom is 0.327 e. The molecule has 3 amide bonds. The molecular weight excluding hydrogens is 430 g/mol. The van der Waals surface area contributed by atoms with Gasteiger partial charge in [0.2, 0.25) is 5.91 Å². The lowest BCUT2D eigenvalue weighted by molar-refractivity contribution is -0.137. The van der Waals surface area contributed by atoms with Crippen molar-refractivity contribution >= 4 is 29.4 Å². The SMILES string of the molecule is CC(CNC(=O)Nc1ccc(C(=N)N)cc1)C(=O)NC1Oc2ccc(CCC(=O)O)cc2O1. The van der Waals surface area contributed by atoms with Gasteiger partial charge in [-0.25, -0.2) is 4.79 Å². The van der Waals surface area contributed by atoms with Crippen molar-refractivity contribution < 1.29 is 29.0 Å². The lowest BCUT2D eigenvalue weighted by Crippen LogP contribution is -2.46. The second kappa shape index (κ2) is 10.4. The Hall–Kier alpha value is -4.28. The number of nitrogens with one attached hydrogen (secondary N) is 4. The Morgan fingerprint density at radius 2 is 1.82 bits per heavy atom. The van der Waals surface area contributed by atoms with Crippen molar-refractivity contribution in [2.24, 2.45) is 11.7 Å². The van der Waals surface area contributed by atoms with Crippen molar-refractivity contribution in [3.63, 3.8) is 0 Å². The molecule has 33 heavy (non-hydrogen) atoms. The number of carboxylic acids is 1. The predicted molar refractivity (Wildman–Crippen MR) is 119 cm³/mol. The molecule has 174 valence electrons. The van der Waals surface area contributed by atoms with Gasteiger partial charge in [-0.15, -0.1) is 0 Å². The molecule has 2 aromatic carbocycles. The maximum atomic E-state index is 12.4. The van der Waals surface area contributed by atoms with E-state index in [1.165, 1.54) is 0 Å². The molecule has 0 aliphatic carbocycles. The summed E-state index contributed by atoms with van der Waals surface area (Å²) in [5.41, 5.74) is 7.24. The number of aryl methyl sites for hydroxylation is 1. The molecule has 11 heteroatoms. The summed E-state index contributed by atoms with van der Waals surface area (Å²) < 4.78 is 11.1. The highest BCUT2D eigenvalue weighted by atomic mass is 16.7. The molecule has 11 nitrogen and oxygen atoms in total. The number of benzene rings is 2. The highest BCUT2D eigenvalue weighted by Crippen LogP contribution is 2.35. The zero-order valence-electron chi connectivity index (χ0n) is 17.9. The van der Waals surface area contributed by atoms with Crippen molar-refractivity contribution in [2.75, 3.05) is 11.9 Å². The number of amides is 3. The van der Waals surface area contributed by atoms with E-state index in [9.17, 15) is 14.4 Å². The summed E-state index contributed by atoms with van der Waals surface area (Å²) in [4.78, 5) is 35.2. The topological polar surface area (TPSA) is 176 Å². The van der Waals surface area contributed by atoms with Crippen LogP contribution in [0.4, 0.5) is 10.5 Å². The van der Waals surface area contributed by atoms with E-state index in [4.69, 9.17) is 25.7 Å². The zero-order chi connectivity index (χ0) is 24.0. The van der Waals surface area contributed by atoms with Crippen LogP contribution in [0.2, 0.25) is 0 Å². The normalized spacial score (nSPS) is 14.8. The van der Waals surface area contributed by atoms with Crippen LogP contribution >= 0.6 is 0 Å². The van der Waals surface area contributed by atoms with Gasteiger partial charge in [-0.2, -0.15) is 0 Å². The highest BCUT2D eigenvalue weighted by molar-refractivity contribution is 5.96. The van der Waals surface area contributed by atoms with Crippen molar-refractivity contribution in [3.05, 3.63) is 53.6 Å². The lowest BCUT2D eigenvalue weighted by atomic mass is 10.1. The van der Waals surface area contributed by atoms with Gasteiger partial charge in [-0.05, 0) is 48.4 Å². The van der Waals surface area contributed by atoms with E-state index in [1.807, 2.05) is 0 Å². The minimum atomic E-state index is -1.02. The van der Waals surface area contributed by atoms with Crippen LogP contribution in [0.1, 0.15) is 24.5 Å². The van der Waals surface area contributed by atoms with Gasteiger partial charge < -0.3 is 30.9 Å². The number of carbonyl (C=O) groups is 3. The summed E-state index contributed by atoms with van der Waals surface area (Å²) in [5, 5.41) is 24.0. The Kier molecular flexibility index (Phi) is 7.34. The van der Waals surface area contributed by atoms with Crippen LogP contribution in [0.15, 0.2) is 42.5 Å². The Labute approximate surface area is 189 Å². The highest BCUT2D eigenvalue weighted by Gasteiger charge is 2.27. The molecule has 1 heterocycles. The van der Waals surface area contributed by atoms with Gasteiger partial charge in [0.25, 0.3) is 0 Å². The summed E-state index contributed by atoms with van der Waals surface area (Å²) >= 11 is 0. The number of carbonyl (C=O) groups excluding carboxylic acids is 2. The van der Waals surface area contributed by atoms with Crippen LogP contribution in [0.25, 0.3) is 0 Å². The van der Waals surface area contributed by atoms with Gasteiger partial charge in [-0.1, -0.05) is 13.0 Å². The summed E-state index contributed by atoms with van der Waals surface area (Å²) in [7, 11) is 0. The second-order valence-corrected chi connectivity index (χ2v) is 7.48. The molecule has 2 atom stereocenters. The number of amidine groups is 1. The number of anilines is 1. The molecule has 0 radical (unpaired) electrons. The first-order chi connectivity index (χ1) is 15.7. The minimum absolute atomic E-state index is 0.00161. The fraction of sp³-hybridized carbons (Fsp3) is 0.273. The number of carboxylic acid groups (broad SMARTS) is 1. The quantitative estimate of drug-likeness (QED) is 0.246. The molecule has 1 aliphatic heterocycles. The molecule has 0 spiro atoms. The van der Waals surface area contributed by atoms with Crippen molar-refractivity contribution in [1.29, 1.82) is 5.41 Å². The molecule has 2 aromatic rings. The number of urea groups is 1. The number of nitrogens with two attached hydrogens (primary N) is 1. The number of hydrogen-bond donors (Lipinski definition) is 6. The second-order valence-electron chi connectivity index (χ2n) is 7.48. The van der Waals surface area contributed by atoms with Crippen LogP contribution < -0.4 is 31.2 Å². The minimum Gasteiger partial charge on any atom is -0.481 e. The van der Waals surface area contributed by atoms with E-state index >= 15 is 0 Å². The van der Waals surface area contributed by atoms with Crippen LogP contribution in [0, 0.1) is 11.3 Å². The van der Waals surface area contributed by atoms with E-state index in [0.29, 0.717) is 29.2 Å². The lowest BCUT2D eigenvalue weighted by Gasteiger charge is -2.17. The fourth-order valence-corrected chi connectivity index (χ4v) is 2.97. The predicted octanol–water partition coefficient (Wildman–Crippen LogP) is 1.62. The van der Waals surface area contributed by atoms with Gasteiger partial charge in [-0.3, -0.25) is 20.3 Å². The van der Waals surface area contributed by atoms with Crippen molar-refractivity contribution in [2.45, 2.75) is 26.2 Å². The molecule has 0 saturated heterocycles. The van der Waals surface area contributed by atoms with E-state index in [1.54, 1.807) is 49.4 Å². The third-order valence-electron chi connectivity index (χ3n) is 4.83. The third-order valence-corrected chi connectivity index (χ3v) is 4.83. The fourth-order valence-electron chi connectivity index (χ4n) is 2.97.